The standard InChI is InChI=1S/C18H26N2O3S/c1-5-12(2)19-24(22,23)14-8-9-16-15(10-14)18(3,4)11-20(16)17(21)13-6-7-13/h8-10,12-13,19H,5-7,11H2,1-4H3. The quantitative estimate of drug-likeness (QED) is 0.888. The fourth-order valence-electron chi connectivity index (χ4n) is 3.19. The van der Waals surface area contributed by atoms with Crippen LogP contribution < -0.4 is 9.62 Å². The number of hydrogen-bond donors (Lipinski definition) is 1. The molecule has 0 saturated heterocycles. The molecular formula is C18H26N2O3S. The van der Waals surface area contributed by atoms with Gasteiger partial charge in [-0.2, -0.15) is 0 Å². The highest BCUT2D eigenvalue weighted by Gasteiger charge is 2.43. The van der Waals surface area contributed by atoms with Crippen LogP contribution in [0.1, 0.15) is 52.5 Å². The maximum absolute atomic E-state index is 12.6. The maximum Gasteiger partial charge on any atom is 0.240 e. The zero-order chi connectivity index (χ0) is 17.7. The SMILES string of the molecule is CCC(C)NS(=O)(=O)c1ccc2c(c1)C(C)(C)CN2C(=O)C1CC1. The van der Waals surface area contributed by atoms with Crippen molar-refractivity contribution in [3.8, 4) is 0 Å². The molecule has 2 aliphatic rings. The van der Waals surface area contributed by atoms with E-state index < -0.39 is 10.0 Å². The van der Waals surface area contributed by atoms with Crippen molar-refractivity contribution in [3.05, 3.63) is 23.8 Å². The smallest absolute Gasteiger partial charge is 0.240 e. The third-order valence-electron chi connectivity index (χ3n) is 5.01. The second-order valence-electron chi connectivity index (χ2n) is 7.69. The molecule has 0 radical (unpaired) electrons. The highest BCUT2D eigenvalue weighted by Crippen LogP contribution is 2.44. The monoisotopic (exact) mass is 350 g/mol. The topological polar surface area (TPSA) is 66.5 Å². The van der Waals surface area contributed by atoms with Crippen molar-refractivity contribution in [2.75, 3.05) is 11.4 Å². The molecule has 5 nitrogen and oxygen atoms in total. The van der Waals surface area contributed by atoms with E-state index in [0.717, 1.165) is 30.5 Å². The summed E-state index contributed by atoms with van der Waals surface area (Å²) in [6.45, 7) is 8.53. The van der Waals surface area contributed by atoms with Gasteiger partial charge in [-0.05, 0) is 49.9 Å². The third kappa shape index (κ3) is 3.09. The maximum atomic E-state index is 12.6. The van der Waals surface area contributed by atoms with E-state index in [1.165, 1.54) is 0 Å². The van der Waals surface area contributed by atoms with E-state index >= 15 is 0 Å². The van der Waals surface area contributed by atoms with Crippen molar-refractivity contribution >= 4 is 21.6 Å². The molecular weight excluding hydrogens is 324 g/mol. The zero-order valence-corrected chi connectivity index (χ0v) is 15.6. The summed E-state index contributed by atoms with van der Waals surface area (Å²) in [4.78, 5) is 14.6. The van der Waals surface area contributed by atoms with Gasteiger partial charge >= 0.3 is 0 Å². The molecule has 1 N–H and O–H groups in total. The lowest BCUT2D eigenvalue weighted by Crippen LogP contribution is -2.34. The molecule has 3 rings (SSSR count). The molecule has 1 unspecified atom stereocenters. The average molecular weight is 350 g/mol. The van der Waals surface area contributed by atoms with Crippen LogP contribution in [-0.4, -0.2) is 26.9 Å². The van der Waals surface area contributed by atoms with E-state index in [9.17, 15) is 13.2 Å². The van der Waals surface area contributed by atoms with Crippen molar-refractivity contribution in [1.82, 2.24) is 4.72 Å². The number of rotatable bonds is 5. The van der Waals surface area contributed by atoms with Crippen molar-refractivity contribution in [1.29, 1.82) is 0 Å². The van der Waals surface area contributed by atoms with Crippen molar-refractivity contribution in [2.45, 2.75) is 63.3 Å². The minimum Gasteiger partial charge on any atom is -0.311 e. The Morgan fingerprint density at radius 3 is 2.62 bits per heavy atom. The highest BCUT2D eigenvalue weighted by atomic mass is 32.2. The van der Waals surface area contributed by atoms with Crippen LogP contribution in [0.25, 0.3) is 0 Å². The molecule has 0 spiro atoms. The Kier molecular flexibility index (Phi) is 4.24. The molecule has 1 aliphatic carbocycles. The molecule has 1 atom stereocenters. The van der Waals surface area contributed by atoms with Gasteiger partial charge in [-0.1, -0.05) is 20.8 Å². The summed E-state index contributed by atoms with van der Waals surface area (Å²) >= 11 is 0. The average Bonchev–Trinajstić information content (AvgIpc) is 3.32. The van der Waals surface area contributed by atoms with Crippen LogP contribution in [0.3, 0.4) is 0 Å². The first kappa shape index (κ1) is 17.4. The van der Waals surface area contributed by atoms with Crippen LogP contribution in [0.5, 0.6) is 0 Å². The summed E-state index contributed by atoms with van der Waals surface area (Å²) in [5.41, 5.74) is 1.55. The number of carbonyl (C=O) groups excluding carboxylic acids is 1. The van der Waals surface area contributed by atoms with Gasteiger partial charge in [-0.3, -0.25) is 4.79 Å². The lowest BCUT2D eigenvalue weighted by atomic mass is 9.87. The third-order valence-corrected chi connectivity index (χ3v) is 6.60. The summed E-state index contributed by atoms with van der Waals surface area (Å²) in [6.07, 6.45) is 2.67. The molecule has 1 aromatic rings. The van der Waals surface area contributed by atoms with Gasteiger partial charge in [0.05, 0.1) is 4.90 Å². The molecule has 0 bridgehead atoms. The summed E-state index contributed by atoms with van der Waals surface area (Å²) in [6, 6.07) is 5.03. The molecule has 1 fully saturated rings. The highest BCUT2D eigenvalue weighted by molar-refractivity contribution is 7.89. The first-order chi connectivity index (χ1) is 11.2. The Balaban J connectivity index is 1.97. The van der Waals surface area contributed by atoms with Gasteiger partial charge in [-0.25, -0.2) is 13.1 Å². The summed E-state index contributed by atoms with van der Waals surface area (Å²) < 4.78 is 27.8. The van der Waals surface area contributed by atoms with Crippen LogP contribution >= 0.6 is 0 Å². The molecule has 1 aromatic carbocycles. The zero-order valence-electron chi connectivity index (χ0n) is 14.8. The fourth-order valence-corrected chi connectivity index (χ4v) is 4.54. The normalized spacial score (nSPS) is 20.8. The minimum absolute atomic E-state index is 0.107. The van der Waals surface area contributed by atoms with Crippen LogP contribution in [0.15, 0.2) is 23.1 Å². The number of amides is 1. The van der Waals surface area contributed by atoms with Crippen molar-refractivity contribution in [3.63, 3.8) is 0 Å². The van der Waals surface area contributed by atoms with Gasteiger partial charge in [0.25, 0.3) is 0 Å². The van der Waals surface area contributed by atoms with Gasteiger partial charge in [0, 0.05) is 29.6 Å². The van der Waals surface area contributed by atoms with E-state index in [1.54, 1.807) is 18.2 Å². The van der Waals surface area contributed by atoms with Crippen LogP contribution in [0.4, 0.5) is 5.69 Å². The molecule has 24 heavy (non-hydrogen) atoms. The van der Waals surface area contributed by atoms with Gasteiger partial charge in [0.1, 0.15) is 0 Å². The van der Waals surface area contributed by atoms with Crippen molar-refractivity contribution < 1.29 is 13.2 Å². The molecule has 0 aromatic heterocycles. The number of fused-ring (bicyclic) bond motifs is 1. The molecule has 132 valence electrons. The Labute approximate surface area is 144 Å². The van der Waals surface area contributed by atoms with E-state index in [2.05, 4.69) is 18.6 Å². The van der Waals surface area contributed by atoms with Gasteiger partial charge in [-0.15, -0.1) is 0 Å². The Hall–Kier alpha value is -1.40. The number of sulfonamides is 1. The first-order valence-electron chi connectivity index (χ1n) is 8.64. The number of anilines is 1. The molecule has 1 heterocycles. The summed E-state index contributed by atoms with van der Waals surface area (Å²) in [7, 11) is -3.54. The van der Waals surface area contributed by atoms with Crippen molar-refractivity contribution in [2.24, 2.45) is 5.92 Å². The van der Waals surface area contributed by atoms with Crippen LogP contribution in [0, 0.1) is 5.92 Å². The number of hydrogen-bond acceptors (Lipinski definition) is 3. The van der Waals surface area contributed by atoms with Crippen LogP contribution in [-0.2, 0) is 20.2 Å². The second kappa shape index (κ2) is 5.85. The summed E-state index contributed by atoms with van der Waals surface area (Å²) in [5, 5.41) is 0. The predicted molar refractivity (Wildman–Crippen MR) is 94.6 cm³/mol. The summed E-state index contributed by atoms with van der Waals surface area (Å²) in [5.74, 6) is 0.331. The van der Waals surface area contributed by atoms with Gasteiger partial charge < -0.3 is 4.90 Å². The predicted octanol–water partition coefficient (Wildman–Crippen LogP) is 2.80. The molecule has 1 aliphatic heterocycles. The Morgan fingerprint density at radius 1 is 1.38 bits per heavy atom. The first-order valence-corrected chi connectivity index (χ1v) is 10.1. The Bertz CT molecular complexity index is 766. The lowest BCUT2D eigenvalue weighted by Gasteiger charge is -2.20. The fraction of sp³-hybridized carbons (Fsp3) is 0.611. The van der Waals surface area contributed by atoms with Gasteiger partial charge in [0.15, 0.2) is 0 Å². The minimum atomic E-state index is -3.54. The molecule has 6 heteroatoms. The number of nitrogens with zero attached hydrogens (tertiary/aromatic N) is 1. The second-order valence-corrected chi connectivity index (χ2v) is 9.41. The number of nitrogens with one attached hydrogen (secondary N) is 1. The molecule has 1 amide bonds. The number of benzene rings is 1. The van der Waals surface area contributed by atoms with Gasteiger partial charge in [0.2, 0.25) is 15.9 Å². The largest absolute Gasteiger partial charge is 0.311 e. The van der Waals surface area contributed by atoms with E-state index in [-0.39, 0.29) is 28.2 Å². The van der Waals surface area contributed by atoms with Crippen LogP contribution in [0.2, 0.25) is 0 Å². The molecule has 1 saturated carbocycles. The van der Waals surface area contributed by atoms with E-state index in [1.807, 2.05) is 18.7 Å². The van der Waals surface area contributed by atoms with E-state index in [0.29, 0.717) is 6.54 Å². The Morgan fingerprint density at radius 2 is 2.04 bits per heavy atom. The van der Waals surface area contributed by atoms with E-state index in [4.69, 9.17) is 0 Å². The number of carbonyl (C=O) groups is 1. The lowest BCUT2D eigenvalue weighted by molar-refractivity contribution is -0.119.